The number of hydrogen-bond donors (Lipinski definition) is 6. The molecule has 1 aromatic heterocycles. The van der Waals surface area contributed by atoms with Gasteiger partial charge in [0.1, 0.15) is 28.0 Å². The van der Waals surface area contributed by atoms with Gasteiger partial charge in [-0.2, -0.15) is 0 Å². The number of hydrogen-bond acceptors (Lipinski definition) is 13. The van der Waals surface area contributed by atoms with Gasteiger partial charge in [-0.25, -0.2) is 9.78 Å². The standard InChI is InChI=1S/C31H36ClN7O9S2/c1-16(30(46)47)48-37-23(22-25(32)50-31(33)36-22)27(44)35-24-28(45)38-19(14-40)18(15-49-29(24)38)13-39(9-3-2-4-10-39)11-5-8-34-26(43)17-6-7-20(41)21(42)12-17/h6-7,12,14,16,24,29H,2-5,8-11,13,15H2,1H3,(H6-,33,34,35,36,37,41,42,43,44,46,47)/p+1/t16-,24?,29?/m0/s1. The summed E-state index contributed by atoms with van der Waals surface area (Å²) in [7, 11) is 0. The zero-order valence-corrected chi connectivity index (χ0v) is 29.4. The molecule has 0 bridgehead atoms. The van der Waals surface area contributed by atoms with Crippen molar-refractivity contribution in [2.75, 3.05) is 44.2 Å². The van der Waals surface area contributed by atoms with Crippen molar-refractivity contribution in [1.82, 2.24) is 20.5 Å². The van der Waals surface area contributed by atoms with Crippen LogP contribution in [0, 0.1) is 0 Å². The van der Waals surface area contributed by atoms with Crippen molar-refractivity contribution >= 4 is 75.5 Å². The summed E-state index contributed by atoms with van der Waals surface area (Å²) < 4.78 is 0.712. The molecule has 50 heavy (non-hydrogen) atoms. The van der Waals surface area contributed by atoms with E-state index in [1.807, 2.05) is 0 Å². The molecule has 0 spiro atoms. The lowest BCUT2D eigenvalue weighted by Gasteiger charge is -2.50. The number of likely N-dealkylation sites (tertiary alicyclic amines) is 1. The number of phenolic OH excluding ortho intramolecular Hbond substituents is 2. The molecule has 2 unspecified atom stereocenters. The Morgan fingerprint density at radius 1 is 1.24 bits per heavy atom. The number of aromatic nitrogens is 1. The van der Waals surface area contributed by atoms with Crippen LogP contribution < -0.4 is 16.4 Å². The molecule has 1 aromatic carbocycles. The lowest BCUT2D eigenvalue weighted by molar-refractivity contribution is -0.928. The Bertz CT molecular complexity index is 1740. The summed E-state index contributed by atoms with van der Waals surface area (Å²) in [5.41, 5.74) is 6.48. The topological polar surface area (TPSA) is 234 Å². The van der Waals surface area contributed by atoms with Crippen LogP contribution in [-0.2, 0) is 24.0 Å². The van der Waals surface area contributed by atoms with E-state index in [-0.39, 0.29) is 43.8 Å². The normalized spacial score (nSPS) is 20.7. The first kappa shape index (κ1) is 36.9. The molecular formula is C31H37ClN7O9S2+. The van der Waals surface area contributed by atoms with E-state index in [1.165, 1.54) is 41.8 Å². The summed E-state index contributed by atoms with van der Waals surface area (Å²) in [5.74, 6) is -3.31. The Kier molecular flexibility index (Phi) is 11.5. The SMILES string of the molecule is C[C@H](O/N=C(\C(=O)NC1C(=O)N2C(C=O)=C(C[N+]3(CCCNC(=O)c4ccc(O)c(O)c4)CCCCC3)CSC12)c1nc(N)sc1Cl)C(=O)O. The third-order valence-corrected chi connectivity index (χ3v) is 11.2. The van der Waals surface area contributed by atoms with E-state index >= 15 is 0 Å². The van der Waals surface area contributed by atoms with E-state index in [4.69, 9.17) is 27.3 Å². The number of nitrogens with zero attached hydrogens (tertiary/aromatic N) is 4. The van der Waals surface area contributed by atoms with Gasteiger partial charge in [-0.15, -0.1) is 11.8 Å². The van der Waals surface area contributed by atoms with Gasteiger partial charge < -0.3 is 41.0 Å². The second kappa shape index (κ2) is 15.7. The van der Waals surface area contributed by atoms with Crippen molar-refractivity contribution < 1.29 is 48.6 Å². The third-order valence-electron chi connectivity index (χ3n) is 8.81. The Balaban J connectivity index is 1.25. The highest BCUT2D eigenvalue weighted by Gasteiger charge is 2.53. The molecule has 7 N–H and O–H groups in total. The second-order valence-electron chi connectivity index (χ2n) is 12.2. The number of thiazole rings is 1. The van der Waals surface area contributed by atoms with Crippen molar-refractivity contribution in [3.63, 3.8) is 0 Å². The van der Waals surface area contributed by atoms with Gasteiger partial charge in [0.25, 0.3) is 17.7 Å². The van der Waals surface area contributed by atoms with Crippen LogP contribution in [0.5, 0.6) is 11.5 Å². The van der Waals surface area contributed by atoms with Gasteiger partial charge >= 0.3 is 5.97 Å². The number of anilines is 1. The number of phenols is 2. The molecule has 16 nitrogen and oxygen atoms in total. The lowest BCUT2D eigenvalue weighted by Crippen LogP contribution is -2.71. The number of aromatic hydroxyl groups is 2. The first-order valence-corrected chi connectivity index (χ1v) is 18.1. The summed E-state index contributed by atoms with van der Waals surface area (Å²) in [6.07, 6.45) is 3.03. The van der Waals surface area contributed by atoms with Gasteiger partial charge in [0.2, 0.25) is 6.10 Å². The van der Waals surface area contributed by atoms with Crippen LogP contribution in [0.25, 0.3) is 0 Å². The molecule has 3 aliphatic rings. The molecule has 5 rings (SSSR count). The minimum atomic E-state index is -1.40. The number of quaternary nitrogens is 1. The van der Waals surface area contributed by atoms with Gasteiger partial charge in [-0.05, 0) is 44.4 Å². The maximum absolute atomic E-state index is 13.5. The number of fused-ring (bicyclic) bond motifs is 1. The van der Waals surface area contributed by atoms with E-state index in [1.54, 1.807) is 0 Å². The number of β-lactam (4-membered cyclic amide) rings is 1. The summed E-state index contributed by atoms with van der Waals surface area (Å²) in [5, 5.41) is 37.0. The van der Waals surface area contributed by atoms with Gasteiger partial charge in [0, 0.05) is 29.9 Å². The largest absolute Gasteiger partial charge is 0.504 e. The number of nitrogens with one attached hydrogen (secondary N) is 2. The number of piperidine rings is 1. The third kappa shape index (κ3) is 7.98. The average molecular weight is 751 g/mol. The van der Waals surface area contributed by atoms with E-state index in [0.29, 0.717) is 36.0 Å². The van der Waals surface area contributed by atoms with Gasteiger partial charge in [0.15, 0.2) is 28.6 Å². The number of carboxylic acid groups (broad SMARTS) is 1. The Labute approximate surface area is 299 Å². The minimum absolute atomic E-state index is 0.0159. The number of thioether (sulfide) groups is 1. The number of carboxylic acids is 1. The minimum Gasteiger partial charge on any atom is -0.504 e. The van der Waals surface area contributed by atoms with Crippen molar-refractivity contribution in [2.24, 2.45) is 5.16 Å². The number of benzene rings is 1. The molecular weight excluding hydrogens is 714 g/mol. The van der Waals surface area contributed by atoms with E-state index < -0.39 is 41.0 Å². The van der Waals surface area contributed by atoms with E-state index in [2.05, 4.69) is 20.8 Å². The first-order chi connectivity index (χ1) is 23.8. The molecule has 0 saturated carbocycles. The maximum Gasteiger partial charge on any atom is 0.347 e. The number of amides is 3. The molecule has 3 amide bonds. The number of carbonyl (C=O) groups excluding carboxylic acids is 4. The fraction of sp³-hybridized carbons (Fsp3) is 0.452. The van der Waals surface area contributed by atoms with Crippen LogP contribution in [0.4, 0.5) is 5.13 Å². The number of oxime groups is 1. The Morgan fingerprint density at radius 3 is 2.62 bits per heavy atom. The van der Waals surface area contributed by atoms with Gasteiger partial charge in [-0.1, -0.05) is 28.1 Å². The zero-order valence-electron chi connectivity index (χ0n) is 27.0. The number of nitrogen functional groups attached to an aromatic ring is 1. The van der Waals surface area contributed by atoms with Crippen LogP contribution in [0.3, 0.4) is 0 Å². The highest BCUT2D eigenvalue weighted by molar-refractivity contribution is 8.00. The summed E-state index contributed by atoms with van der Waals surface area (Å²) in [6.45, 7) is 4.64. The highest BCUT2D eigenvalue weighted by Crippen LogP contribution is 2.41. The molecule has 0 aliphatic carbocycles. The highest BCUT2D eigenvalue weighted by atomic mass is 35.5. The van der Waals surface area contributed by atoms with Crippen LogP contribution in [0.1, 0.15) is 48.7 Å². The molecule has 4 heterocycles. The van der Waals surface area contributed by atoms with Crippen LogP contribution in [-0.4, -0.2) is 121 Å². The second-order valence-corrected chi connectivity index (χ2v) is 14.9. The Hall–Kier alpha value is -4.39. The molecule has 2 saturated heterocycles. The quantitative estimate of drug-likeness (QED) is 0.0308. The van der Waals surface area contributed by atoms with Gasteiger partial charge in [0.05, 0.1) is 25.3 Å². The number of carbonyl (C=O) groups is 5. The molecule has 3 atom stereocenters. The van der Waals surface area contributed by atoms with Crippen molar-refractivity contribution in [2.45, 2.75) is 50.1 Å². The Morgan fingerprint density at radius 2 is 1.98 bits per heavy atom. The lowest BCUT2D eigenvalue weighted by atomic mass is 10.0. The summed E-state index contributed by atoms with van der Waals surface area (Å²) in [4.78, 5) is 73.5. The first-order valence-electron chi connectivity index (χ1n) is 15.8. The fourth-order valence-electron chi connectivity index (χ4n) is 6.19. The van der Waals surface area contributed by atoms with Crippen molar-refractivity contribution in [3.05, 3.63) is 45.1 Å². The molecule has 0 radical (unpaired) electrons. The number of nitrogens with two attached hydrogens (primary N) is 1. The average Bonchev–Trinajstić information content (AvgIpc) is 3.43. The maximum atomic E-state index is 13.5. The zero-order chi connectivity index (χ0) is 36.2. The molecule has 2 fully saturated rings. The monoisotopic (exact) mass is 750 g/mol. The number of halogens is 1. The summed E-state index contributed by atoms with van der Waals surface area (Å²) in [6, 6.07) is 2.87. The van der Waals surface area contributed by atoms with Gasteiger partial charge in [-0.3, -0.25) is 24.1 Å². The van der Waals surface area contributed by atoms with Crippen LogP contribution in [0.15, 0.2) is 34.6 Å². The van der Waals surface area contributed by atoms with Crippen LogP contribution >= 0.6 is 34.7 Å². The number of rotatable bonds is 14. The molecule has 19 heteroatoms. The number of aldehydes is 1. The van der Waals surface area contributed by atoms with Crippen molar-refractivity contribution in [3.8, 4) is 11.5 Å². The predicted molar refractivity (Wildman–Crippen MR) is 185 cm³/mol. The van der Waals surface area contributed by atoms with Crippen LogP contribution in [0.2, 0.25) is 4.34 Å². The fourth-order valence-corrected chi connectivity index (χ4v) is 8.48. The summed E-state index contributed by atoms with van der Waals surface area (Å²) >= 11 is 8.49. The van der Waals surface area contributed by atoms with Crippen molar-refractivity contribution in [1.29, 1.82) is 0 Å². The van der Waals surface area contributed by atoms with E-state index in [0.717, 1.165) is 55.8 Å². The number of aliphatic carboxylic acids is 1. The molecule has 268 valence electrons. The molecule has 2 aromatic rings. The predicted octanol–water partition coefficient (Wildman–Crippen LogP) is 1.66. The molecule has 3 aliphatic heterocycles. The van der Waals surface area contributed by atoms with E-state index in [9.17, 15) is 34.2 Å². The smallest absolute Gasteiger partial charge is 0.347 e. The number of allylic oxidation sites excluding steroid dienone is 1.